The summed E-state index contributed by atoms with van der Waals surface area (Å²) in [6, 6.07) is 3.62. The number of nitrogens with zero attached hydrogens (tertiary/aromatic N) is 1. The molecule has 80 valence electrons. The number of ether oxygens (including phenoxy) is 2. The van der Waals surface area contributed by atoms with Gasteiger partial charge in [-0.3, -0.25) is 0 Å². The maximum absolute atomic E-state index is 7.02. The van der Waals surface area contributed by atoms with E-state index in [1.807, 2.05) is 26.0 Å². The van der Waals surface area contributed by atoms with Crippen molar-refractivity contribution in [1.82, 2.24) is 0 Å². The predicted octanol–water partition coefficient (Wildman–Crippen LogP) is 2.99. The van der Waals surface area contributed by atoms with Crippen molar-refractivity contribution in [2.75, 3.05) is 14.2 Å². The van der Waals surface area contributed by atoms with E-state index in [1.54, 1.807) is 14.2 Å². The van der Waals surface area contributed by atoms with Crippen LogP contribution in [-0.4, -0.2) is 14.2 Å². The van der Waals surface area contributed by atoms with Crippen molar-refractivity contribution in [1.29, 1.82) is 0 Å². The number of aryl methyl sites for hydroxylation is 1. The fourth-order valence-corrected chi connectivity index (χ4v) is 1.52. The lowest BCUT2D eigenvalue weighted by Gasteiger charge is -2.11. The molecule has 0 N–H and O–H groups in total. The Morgan fingerprint density at radius 2 is 1.73 bits per heavy atom. The van der Waals surface area contributed by atoms with Crippen LogP contribution in [0.1, 0.15) is 24.1 Å². The molecule has 0 amide bonds. The molecule has 0 aliphatic heterocycles. The first-order chi connectivity index (χ1) is 7.13. The van der Waals surface area contributed by atoms with Gasteiger partial charge in [0.05, 0.1) is 14.2 Å². The van der Waals surface area contributed by atoms with Crippen LogP contribution in [0.4, 0.5) is 0 Å². The van der Waals surface area contributed by atoms with Gasteiger partial charge in [0.15, 0.2) is 11.5 Å². The molecular weight excluding hydrogens is 190 g/mol. The van der Waals surface area contributed by atoms with E-state index in [9.17, 15) is 0 Å². The minimum absolute atomic E-state index is 0.148. The third kappa shape index (κ3) is 2.21. The van der Waals surface area contributed by atoms with Crippen molar-refractivity contribution < 1.29 is 9.47 Å². The number of hydrogen-bond acceptors (Lipinski definition) is 2. The Hall–Kier alpha value is -1.69. The van der Waals surface area contributed by atoms with Crippen molar-refractivity contribution in [3.63, 3.8) is 0 Å². The van der Waals surface area contributed by atoms with Gasteiger partial charge >= 0.3 is 0 Å². The lowest BCUT2D eigenvalue weighted by atomic mass is 10.0. The van der Waals surface area contributed by atoms with Gasteiger partial charge in [-0.05, 0) is 24.6 Å². The molecule has 0 fully saturated rings. The van der Waals surface area contributed by atoms with E-state index >= 15 is 0 Å². The number of methoxy groups -OCH3 is 2. The van der Waals surface area contributed by atoms with Crippen LogP contribution >= 0.6 is 0 Å². The maximum Gasteiger partial charge on any atom is 0.246 e. The van der Waals surface area contributed by atoms with E-state index in [0.29, 0.717) is 11.5 Å². The van der Waals surface area contributed by atoms with Gasteiger partial charge in [0.2, 0.25) is 6.04 Å². The van der Waals surface area contributed by atoms with Crippen LogP contribution in [0, 0.1) is 13.5 Å². The van der Waals surface area contributed by atoms with Crippen molar-refractivity contribution in [2.24, 2.45) is 0 Å². The van der Waals surface area contributed by atoms with Crippen molar-refractivity contribution in [3.8, 4) is 11.5 Å². The summed E-state index contributed by atoms with van der Waals surface area (Å²) in [6.07, 6.45) is 0. The third-order valence-electron chi connectivity index (χ3n) is 2.42. The lowest BCUT2D eigenvalue weighted by molar-refractivity contribution is 0.354. The van der Waals surface area contributed by atoms with Gasteiger partial charge in [0.1, 0.15) is 0 Å². The van der Waals surface area contributed by atoms with E-state index in [-0.39, 0.29) is 6.04 Å². The van der Waals surface area contributed by atoms with Crippen molar-refractivity contribution in [2.45, 2.75) is 19.9 Å². The van der Waals surface area contributed by atoms with E-state index in [2.05, 4.69) is 4.85 Å². The summed E-state index contributed by atoms with van der Waals surface area (Å²) in [7, 11) is 3.20. The molecule has 1 rings (SSSR count). The first-order valence-electron chi connectivity index (χ1n) is 4.73. The fourth-order valence-electron chi connectivity index (χ4n) is 1.52. The van der Waals surface area contributed by atoms with Gasteiger partial charge in [0.25, 0.3) is 0 Å². The summed E-state index contributed by atoms with van der Waals surface area (Å²) in [5.74, 6) is 1.38. The zero-order chi connectivity index (χ0) is 11.4. The summed E-state index contributed by atoms with van der Waals surface area (Å²) < 4.78 is 10.4. The normalized spacial score (nSPS) is 11.7. The first-order valence-corrected chi connectivity index (χ1v) is 4.73. The van der Waals surface area contributed by atoms with Gasteiger partial charge < -0.3 is 14.3 Å². The topological polar surface area (TPSA) is 22.8 Å². The molecule has 0 saturated heterocycles. The molecule has 0 saturated carbocycles. The summed E-state index contributed by atoms with van der Waals surface area (Å²) >= 11 is 0. The van der Waals surface area contributed by atoms with E-state index in [0.717, 1.165) is 11.1 Å². The zero-order valence-electron chi connectivity index (χ0n) is 9.50. The molecule has 0 aromatic heterocycles. The summed E-state index contributed by atoms with van der Waals surface area (Å²) in [4.78, 5) is 3.50. The molecule has 3 heteroatoms. The van der Waals surface area contributed by atoms with Crippen molar-refractivity contribution >= 4 is 0 Å². The zero-order valence-corrected chi connectivity index (χ0v) is 9.50. The minimum Gasteiger partial charge on any atom is -0.493 e. The average molecular weight is 205 g/mol. The van der Waals surface area contributed by atoms with Crippen LogP contribution < -0.4 is 9.47 Å². The highest BCUT2D eigenvalue weighted by atomic mass is 16.5. The molecule has 1 aromatic carbocycles. The second-order valence-corrected chi connectivity index (χ2v) is 3.37. The molecule has 0 spiro atoms. The molecule has 1 aromatic rings. The third-order valence-corrected chi connectivity index (χ3v) is 2.42. The molecule has 0 aliphatic carbocycles. The van der Waals surface area contributed by atoms with Crippen LogP contribution in [0.2, 0.25) is 0 Å². The van der Waals surface area contributed by atoms with Crippen LogP contribution in [-0.2, 0) is 0 Å². The van der Waals surface area contributed by atoms with Gasteiger partial charge in [-0.2, -0.15) is 0 Å². The van der Waals surface area contributed by atoms with Crippen LogP contribution in [0.5, 0.6) is 11.5 Å². The smallest absolute Gasteiger partial charge is 0.246 e. The van der Waals surface area contributed by atoms with Gasteiger partial charge in [-0.25, -0.2) is 6.57 Å². The summed E-state index contributed by atoms with van der Waals surface area (Å²) in [6.45, 7) is 10.9. The second kappa shape index (κ2) is 4.70. The van der Waals surface area contributed by atoms with E-state index in [1.165, 1.54) is 0 Å². The Kier molecular flexibility index (Phi) is 3.56. The number of hydrogen-bond donors (Lipinski definition) is 0. The second-order valence-electron chi connectivity index (χ2n) is 3.37. The Labute approximate surface area is 90.5 Å². The van der Waals surface area contributed by atoms with Gasteiger partial charge in [-0.15, -0.1) is 0 Å². The van der Waals surface area contributed by atoms with Gasteiger partial charge in [-0.1, -0.05) is 0 Å². The Morgan fingerprint density at radius 3 is 2.20 bits per heavy atom. The lowest BCUT2D eigenvalue weighted by Crippen LogP contribution is -1.97. The largest absolute Gasteiger partial charge is 0.493 e. The summed E-state index contributed by atoms with van der Waals surface area (Å²) in [5.41, 5.74) is 2.04. The monoisotopic (exact) mass is 205 g/mol. The van der Waals surface area contributed by atoms with Gasteiger partial charge in [0, 0.05) is 12.5 Å². The van der Waals surface area contributed by atoms with E-state index in [4.69, 9.17) is 16.0 Å². The molecule has 15 heavy (non-hydrogen) atoms. The molecule has 0 bridgehead atoms. The standard InChI is InChI=1S/C12H15NO2/c1-8-6-11(14-4)12(15-5)7-10(8)9(2)13-3/h6-7,9H,1-2,4-5H3. The first kappa shape index (κ1) is 11.4. The quantitative estimate of drug-likeness (QED) is 0.708. The maximum atomic E-state index is 7.02. The number of benzene rings is 1. The SMILES string of the molecule is [C-]#[N+]C(C)c1cc(OC)c(OC)cc1C. The van der Waals surface area contributed by atoms with Crippen LogP contribution in [0.25, 0.3) is 4.85 Å². The predicted molar refractivity (Wildman–Crippen MR) is 59.3 cm³/mol. The van der Waals surface area contributed by atoms with Crippen molar-refractivity contribution in [3.05, 3.63) is 34.7 Å². The highest BCUT2D eigenvalue weighted by molar-refractivity contribution is 5.48. The minimum atomic E-state index is -0.148. The molecule has 1 unspecified atom stereocenters. The highest BCUT2D eigenvalue weighted by Crippen LogP contribution is 2.33. The highest BCUT2D eigenvalue weighted by Gasteiger charge is 2.16. The Bertz CT molecular complexity index is 393. The average Bonchev–Trinajstić information content (AvgIpc) is 2.27. The molecule has 1 atom stereocenters. The molecule has 0 aliphatic rings. The molecule has 0 heterocycles. The summed E-state index contributed by atoms with van der Waals surface area (Å²) in [5, 5.41) is 0. The molecular formula is C12H15NO2. The molecule has 0 radical (unpaired) electrons. The fraction of sp³-hybridized carbons (Fsp3) is 0.417. The molecule has 3 nitrogen and oxygen atoms in total. The Morgan fingerprint density at radius 1 is 1.20 bits per heavy atom. The van der Waals surface area contributed by atoms with Crippen LogP contribution in [0.3, 0.4) is 0 Å². The number of rotatable bonds is 3. The van der Waals surface area contributed by atoms with Crippen LogP contribution in [0.15, 0.2) is 12.1 Å². The van der Waals surface area contributed by atoms with E-state index < -0.39 is 0 Å². The Balaban J connectivity index is 3.27.